The maximum Gasteiger partial charge on any atom is 0.159 e. The molecule has 6 rings (SSSR count). The summed E-state index contributed by atoms with van der Waals surface area (Å²) in [6.07, 6.45) is 9.68. The lowest BCUT2D eigenvalue weighted by Crippen LogP contribution is -2.52. The standard InChI is InChI=1S/C28H38FN3O3/c1-27-11-9-20-19-10-12-28(34,16-35-2)14-17(19)3-5-21(20)22(27)6-7-23(27)26(33)15-32-30-24-8-4-18(29)13-25(24)31-32/h4,8,13,17,19-23,34H,3,5-7,9-12,14-16H2,1-2H3/t17-,19+,20-,21-,22+,23-,27+,28-/m1/s1. The zero-order valence-corrected chi connectivity index (χ0v) is 21.0. The molecule has 0 unspecified atom stereocenters. The van der Waals surface area contributed by atoms with Crippen LogP contribution in [0.4, 0.5) is 4.39 Å². The van der Waals surface area contributed by atoms with Crippen LogP contribution in [0.2, 0.25) is 0 Å². The van der Waals surface area contributed by atoms with Crippen LogP contribution in [0.25, 0.3) is 11.0 Å². The number of nitrogens with zero attached hydrogens (tertiary/aromatic N) is 3. The van der Waals surface area contributed by atoms with Crippen LogP contribution in [0, 0.1) is 46.7 Å². The third kappa shape index (κ3) is 3.93. The van der Waals surface area contributed by atoms with Gasteiger partial charge in [-0.2, -0.15) is 15.0 Å². The molecule has 7 heteroatoms. The van der Waals surface area contributed by atoms with Gasteiger partial charge in [-0.1, -0.05) is 6.92 Å². The van der Waals surface area contributed by atoms with E-state index in [4.69, 9.17) is 4.74 Å². The summed E-state index contributed by atoms with van der Waals surface area (Å²) in [6.45, 7) is 2.99. The summed E-state index contributed by atoms with van der Waals surface area (Å²) in [5.41, 5.74) is 0.524. The van der Waals surface area contributed by atoms with Crippen molar-refractivity contribution in [2.75, 3.05) is 13.7 Å². The van der Waals surface area contributed by atoms with Gasteiger partial charge in [0.1, 0.15) is 23.4 Å². The van der Waals surface area contributed by atoms with Crippen LogP contribution in [0.15, 0.2) is 18.2 Å². The van der Waals surface area contributed by atoms with Crippen LogP contribution in [0.5, 0.6) is 0 Å². The van der Waals surface area contributed by atoms with Gasteiger partial charge in [-0.05, 0) is 105 Å². The zero-order valence-electron chi connectivity index (χ0n) is 21.0. The highest BCUT2D eigenvalue weighted by atomic mass is 19.1. The number of benzene rings is 1. The number of methoxy groups -OCH3 is 1. The first-order chi connectivity index (χ1) is 16.8. The van der Waals surface area contributed by atoms with Gasteiger partial charge in [-0.15, -0.1) is 0 Å². The van der Waals surface area contributed by atoms with Crippen molar-refractivity contribution in [3.8, 4) is 0 Å². The van der Waals surface area contributed by atoms with E-state index < -0.39 is 5.60 Å². The van der Waals surface area contributed by atoms with Crippen LogP contribution < -0.4 is 0 Å². The SMILES string of the molecule is COC[C@@]1(O)CC[C@H]2[C@H](CC[C@@H]3[C@@H]2CC[C@]2(C)[C@@H](C(=O)Cn4nc5ccc(F)cc5n4)CC[C@@H]32)C1. The number of carbonyl (C=O) groups excluding carboxylic acids is 1. The molecule has 4 saturated carbocycles. The molecule has 0 saturated heterocycles. The fourth-order valence-corrected chi connectivity index (χ4v) is 9.14. The first kappa shape index (κ1) is 23.5. The Labute approximate surface area is 206 Å². The molecule has 0 amide bonds. The van der Waals surface area contributed by atoms with Gasteiger partial charge in [-0.3, -0.25) is 4.79 Å². The quantitative estimate of drug-likeness (QED) is 0.662. The Morgan fingerprint density at radius 2 is 1.89 bits per heavy atom. The lowest BCUT2D eigenvalue weighted by atomic mass is 9.49. The number of rotatable bonds is 5. The Balaban J connectivity index is 1.16. The molecule has 1 N–H and O–H groups in total. The molecule has 2 aromatic rings. The highest BCUT2D eigenvalue weighted by Gasteiger charge is 2.59. The average molecular weight is 484 g/mol. The second kappa shape index (κ2) is 8.62. The largest absolute Gasteiger partial charge is 0.387 e. The van der Waals surface area contributed by atoms with E-state index in [2.05, 4.69) is 17.1 Å². The predicted molar refractivity (Wildman–Crippen MR) is 130 cm³/mol. The van der Waals surface area contributed by atoms with Crippen molar-refractivity contribution in [1.29, 1.82) is 0 Å². The van der Waals surface area contributed by atoms with Gasteiger partial charge in [0.25, 0.3) is 0 Å². The number of ether oxygens (including phenoxy) is 1. The summed E-state index contributed by atoms with van der Waals surface area (Å²) in [4.78, 5) is 15.0. The molecular formula is C28H38FN3O3. The zero-order chi connectivity index (χ0) is 24.4. The molecule has 1 heterocycles. The van der Waals surface area contributed by atoms with Gasteiger partial charge < -0.3 is 9.84 Å². The number of Topliss-reactive ketones (excluding diaryl/α,β-unsaturated/α-hetero) is 1. The molecule has 190 valence electrons. The van der Waals surface area contributed by atoms with E-state index in [0.717, 1.165) is 44.4 Å². The number of hydrogen-bond acceptors (Lipinski definition) is 5. The molecule has 1 aromatic carbocycles. The molecule has 35 heavy (non-hydrogen) atoms. The highest BCUT2D eigenvalue weighted by Crippen LogP contribution is 2.64. The van der Waals surface area contributed by atoms with E-state index in [-0.39, 0.29) is 29.5 Å². The summed E-state index contributed by atoms with van der Waals surface area (Å²) in [5.74, 6) is 3.31. The van der Waals surface area contributed by atoms with Gasteiger partial charge in [0.15, 0.2) is 5.78 Å². The van der Waals surface area contributed by atoms with Gasteiger partial charge in [0.05, 0.1) is 12.2 Å². The predicted octanol–water partition coefficient (Wildman–Crippen LogP) is 4.79. The van der Waals surface area contributed by atoms with Crippen LogP contribution in [0.3, 0.4) is 0 Å². The summed E-state index contributed by atoms with van der Waals surface area (Å²) >= 11 is 0. The molecule has 1 aromatic heterocycles. The molecular weight excluding hydrogens is 445 g/mol. The number of halogens is 1. The first-order valence-electron chi connectivity index (χ1n) is 13.5. The van der Waals surface area contributed by atoms with Crippen molar-refractivity contribution in [1.82, 2.24) is 15.0 Å². The number of ketones is 1. The van der Waals surface area contributed by atoms with E-state index in [1.54, 1.807) is 13.2 Å². The highest BCUT2D eigenvalue weighted by molar-refractivity contribution is 5.82. The van der Waals surface area contributed by atoms with Crippen molar-refractivity contribution in [2.45, 2.75) is 76.9 Å². The molecule has 4 fully saturated rings. The van der Waals surface area contributed by atoms with Crippen molar-refractivity contribution in [2.24, 2.45) is 40.9 Å². The van der Waals surface area contributed by atoms with Gasteiger partial charge >= 0.3 is 0 Å². The van der Waals surface area contributed by atoms with Crippen LogP contribution in [-0.4, -0.2) is 45.2 Å². The smallest absolute Gasteiger partial charge is 0.159 e. The van der Waals surface area contributed by atoms with Crippen molar-refractivity contribution >= 4 is 16.8 Å². The topological polar surface area (TPSA) is 77.2 Å². The van der Waals surface area contributed by atoms with Crippen LogP contribution in [0.1, 0.15) is 64.7 Å². The van der Waals surface area contributed by atoms with Crippen molar-refractivity contribution in [3.05, 3.63) is 24.0 Å². The first-order valence-corrected chi connectivity index (χ1v) is 13.5. The monoisotopic (exact) mass is 483 g/mol. The molecule has 6 nitrogen and oxygen atoms in total. The van der Waals surface area contributed by atoms with Crippen molar-refractivity contribution in [3.63, 3.8) is 0 Å². The number of aromatic nitrogens is 3. The molecule has 4 aliphatic carbocycles. The minimum atomic E-state index is -0.645. The van der Waals surface area contributed by atoms with Gasteiger partial charge in [0.2, 0.25) is 0 Å². The minimum Gasteiger partial charge on any atom is -0.387 e. The maximum atomic E-state index is 13.5. The van der Waals surface area contributed by atoms with E-state index >= 15 is 0 Å². The third-order valence-corrected chi connectivity index (χ3v) is 10.6. The molecule has 0 aliphatic heterocycles. The van der Waals surface area contributed by atoms with E-state index in [1.807, 2.05) is 0 Å². The average Bonchev–Trinajstić information content (AvgIpc) is 3.38. The fourth-order valence-electron chi connectivity index (χ4n) is 9.14. The second-order valence-electron chi connectivity index (χ2n) is 12.3. The molecule has 0 bridgehead atoms. The van der Waals surface area contributed by atoms with Crippen molar-refractivity contribution < 1.29 is 19.0 Å². The van der Waals surface area contributed by atoms with Crippen LogP contribution in [-0.2, 0) is 16.1 Å². The Kier molecular flexibility index (Phi) is 5.79. The minimum absolute atomic E-state index is 0.0508. The number of hydrogen-bond donors (Lipinski definition) is 1. The Morgan fingerprint density at radius 1 is 1.09 bits per heavy atom. The van der Waals surface area contributed by atoms with E-state index in [0.29, 0.717) is 41.3 Å². The number of aliphatic hydroxyl groups is 1. The Bertz CT molecular complexity index is 1120. The lowest BCUT2D eigenvalue weighted by molar-refractivity contribution is -0.137. The fraction of sp³-hybridized carbons (Fsp3) is 0.750. The maximum absolute atomic E-state index is 13.5. The normalized spacial score (nSPS) is 40.8. The summed E-state index contributed by atoms with van der Waals surface area (Å²) in [5, 5.41) is 19.8. The number of carbonyl (C=O) groups is 1. The van der Waals surface area contributed by atoms with Gasteiger partial charge in [0, 0.05) is 19.1 Å². The lowest BCUT2D eigenvalue weighted by Gasteiger charge is -2.57. The summed E-state index contributed by atoms with van der Waals surface area (Å²) in [6, 6.07) is 4.36. The summed E-state index contributed by atoms with van der Waals surface area (Å²) < 4.78 is 18.9. The Hall–Kier alpha value is -1.86. The number of fused-ring (bicyclic) bond motifs is 6. The van der Waals surface area contributed by atoms with E-state index in [1.165, 1.54) is 36.2 Å². The molecule has 4 aliphatic rings. The van der Waals surface area contributed by atoms with Gasteiger partial charge in [-0.25, -0.2) is 4.39 Å². The molecule has 0 spiro atoms. The second-order valence-corrected chi connectivity index (χ2v) is 12.3. The Morgan fingerprint density at radius 3 is 2.71 bits per heavy atom. The third-order valence-electron chi connectivity index (χ3n) is 10.6. The molecule has 0 radical (unpaired) electrons. The summed E-state index contributed by atoms with van der Waals surface area (Å²) in [7, 11) is 1.69. The van der Waals surface area contributed by atoms with Crippen LogP contribution >= 0.6 is 0 Å². The van der Waals surface area contributed by atoms with E-state index in [9.17, 15) is 14.3 Å². The molecule has 8 atom stereocenters.